The predicted molar refractivity (Wildman–Crippen MR) is 198 cm³/mol. The molecule has 2 aliphatic heterocycles. The lowest BCUT2D eigenvalue weighted by Gasteiger charge is -2.71. The van der Waals surface area contributed by atoms with Gasteiger partial charge < -0.3 is 59.8 Å². The van der Waals surface area contributed by atoms with E-state index in [1.807, 2.05) is 0 Å². The van der Waals surface area contributed by atoms with E-state index >= 15 is 0 Å². The molecule has 7 rings (SSSR count). The largest absolute Gasteiger partial charge is 0.481 e. The van der Waals surface area contributed by atoms with Crippen LogP contribution in [0.5, 0.6) is 0 Å². The van der Waals surface area contributed by atoms with Crippen molar-refractivity contribution in [1.82, 2.24) is 0 Å². The van der Waals surface area contributed by atoms with Crippen molar-refractivity contribution in [2.45, 2.75) is 180 Å². The van der Waals surface area contributed by atoms with Crippen LogP contribution >= 0.6 is 0 Å². The molecular formula is C42H68O13. The first-order chi connectivity index (χ1) is 25.6. The SMILES string of the molecule is CC1(C)CC[C@]2(C(=O)O)CC[C@]3(C)C(=CC[C@H]4[C@@]5(C)CC[C@@H](O[C@@H]6O[C@H](CO)[C@@H](O[C@@H]7O[C@H](CO)[C@H](O)[C@H](O)[C@H]7O)[C@H](O)[C@H]6O)C(C)(C)[C@@H]5CC[C@]43C)[C@@H]2C1. The summed E-state index contributed by atoms with van der Waals surface area (Å²) in [7, 11) is 0. The van der Waals surface area contributed by atoms with E-state index < -0.39 is 86.0 Å². The van der Waals surface area contributed by atoms with Gasteiger partial charge in [0.15, 0.2) is 12.6 Å². The molecule has 0 aromatic heterocycles. The fourth-order valence-corrected chi connectivity index (χ4v) is 13.7. The van der Waals surface area contributed by atoms with Crippen LogP contribution in [0.25, 0.3) is 0 Å². The Hall–Kier alpha value is -1.23. The van der Waals surface area contributed by atoms with E-state index in [1.165, 1.54) is 5.57 Å². The molecule has 4 saturated carbocycles. The topological polar surface area (TPSA) is 216 Å². The number of fused-ring (bicyclic) bond motifs is 7. The standard InChI is InChI=1S/C42H68O13/c1-37(2)14-16-42(36(50)51)17-15-40(6)21(22(42)18-37)8-9-26-39(5)12-11-27(38(3,4)25(39)10-13-41(26,40)7)54-34-32(49)30(47)33(24(20-44)53-34)55-35-31(48)29(46)28(45)23(19-43)52-35/h8,22-35,43-49H,9-20H2,1-7H3,(H,50,51)/t22-,23+,24+,25-,26-,27+,28-,29-,30+,31+,32+,33+,34-,35-,39-,40+,41+,42-/m0/s1. The van der Waals surface area contributed by atoms with Gasteiger partial charge in [0.25, 0.3) is 0 Å². The molecule has 13 nitrogen and oxygen atoms in total. The minimum atomic E-state index is -1.74. The second-order valence-corrected chi connectivity index (χ2v) is 20.7. The average Bonchev–Trinajstić information content (AvgIpc) is 3.12. The highest BCUT2D eigenvalue weighted by molar-refractivity contribution is 5.76. The number of aliphatic hydroxyl groups excluding tert-OH is 7. The first-order valence-electron chi connectivity index (χ1n) is 20.8. The van der Waals surface area contributed by atoms with Crippen LogP contribution < -0.4 is 0 Å². The van der Waals surface area contributed by atoms with Crippen molar-refractivity contribution < 1.29 is 64.6 Å². The molecule has 55 heavy (non-hydrogen) atoms. The molecule has 13 heteroatoms. The van der Waals surface area contributed by atoms with Crippen molar-refractivity contribution in [3.63, 3.8) is 0 Å². The summed E-state index contributed by atoms with van der Waals surface area (Å²) in [6.07, 6.45) is -4.17. The third kappa shape index (κ3) is 6.23. The van der Waals surface area contributed by atoms with Gasteiger partial charge in [0.2, 0.25) is 0 Å². The van der Waals surface area contributed by atoms with Gasteiger partial charge in [-0.05, 0) is 109 Å². The summed E-state index contributed by atoms with van der Waals surface area (Å²) in [6.45, 7) is 15.1. The van der Waals surface area contributed by atoms with E-state index in [9.17, 15) is 45.6 Å². The summed E-state index contributed by atoms with van der Waals surface area (Å²) in [5, 5.41) is 84.2. The summed E-state index contributed by atoms with van der Waals surface area (Å²) < 4.78 is 23.9. The molecular weight excluding hydrogens is 712 g/mol. The molecule has 0 spiro atoms. The Morgan fingerprint density at radius 1 is 0.727 bits per heavy atom. The van der Waals surface area contributed by atoms with Crippen molar-refractivity contribution in [2.24, 2.45) is 50.2 Å². The van der Waals surface area contributed by atoms with Gasteiger partial charge in [-0.25, -0.2) is 0 Å². The van der Waals surface area contributed by atoms with Gasteiger partial charge in [-0.3, -0.25) is 4.79 Å². The third-order valence-electron chi connectivity index (χ3n) is 17.3. The number of carboxylic acid groups (broad SMARTS) is 1. The molecule has 8 N–H and O–H groups in total. The van der Waals surface area contributed by atoms with Crippen LogP contribution in [0, 0.1) is 50.2 Å². The molecule has 0 aromatic rings. The van der Waals surface area contributed by atoms with Crippen molar-refractivity contribution in [1.29, 1.82) is 0 Å². The quantitative estimate of drug-likeness (QED) is 0.138. The summed E-state index contributed by atoms with van der Waals surface area (Å²) in [5.41, 5.74) is 0.344. The zero-order chi connectivity index (χ0) is 40.3. The highest BCUT2D eigenvalue weighted by Crippen LogP contribution is 2.76. The Balaban J connectivity index is 1.08. The first kappa shape index (κ1) is 41.9. The van der Waals surface area contributed by atoms with Crippen LogP contribution in [0.15, 0.2) is 11.6 Å². The van der Waals surface area contributed by atoms with Gasteiger partial charge in [0, 0.05) is 0 Å². The monoisotopic (exact) mass is 780 g/mol. The molecule has 0 aromatic carbocycles. The van der Waals surface area contributed by atoms with Gasteiger partial charge in [0.1, 0.15) is 48.8 Å². The number of aliphatic hydroxyl groups is 7. The highest BCUT2D eigenvalue weighted by atomic mass is 16.7. The lowest BCUT2D eigenvalue weighted by molar-refractivity contribution is -0.368. The van der Waals surface area contributed by atoms with E-state index in [-0.39, 0.29) is 45.0 Å². The Labute approximate surface area is 325 Å². The highest BCUT2D eigenvalue weighted by Gasteiger charge is 2.69. The Bertz CT molecular complexity index is 1480. The van der Waals surface area contributed by atoms with Gasteiger partial charge in [-0.2, -0.15) is 0 Å². The van der Waals surface area contributed by atoms with Crippen LogP contribution in [0.3, 0.4) is 0 Å². The van der Waals surface area contributed by atoms with Crippen LogP contribution in [0.4, 0.5) is 0 Å². The minimum absolute atomic E-state index is 0.00451. The normalized spacial score (nSPS) is 53.2. The summed E-state index contributed by atoms with van der Waals surface area (Å²) >= 11 is 0. The second kappa shape index (κ2) is 14.2. The molecule has 0 bridgehead atoms. The number of hydrogen-bond acceptors (Lipinski definition) is 12. The molecule has 0 amide bonds. The lowest BCUT2D eigenvalue weighted by Crippen LogP contribution is -2.66. The minimum Gasteiger partial charge on any atom is -0.481 e. The maximum absolute atomic E-state index is 13.0. The average molecular weight is 781 g/mol. The maximum Gasteiger partial charge on any atom is 0.310 e. The third-order valence-corrected chi connectivity index (χ3v) is 17.3. The number of rotatable bonds is 7. The number of carboxylic acids is 1. The zero-order valence-corrected chi connectivity index (χ0v) is 33.8. The summed E-state index contributed by atoms with van der Waals surface area (Å²) in [6, 6.07) is 0. The number of allylic oxidation sites excluding steroid dienone is 2. The number of hydrogen-bond donors (Lipinski definition) is 8. The van der Waals surface area contributed by atoms with Crippen molar-refractivity contribution >= 4 is 5.97 Å². The number of carbonyl (C=O) groups is 1. The van der Waals surface area contributed by atoms with Crippen LogP contribution in [0.2, 0.25) is 0 Å². The molecule has 2 saturated heterocycles. The van der Waals surface area contributed by atoms with Gasteiger partial charge in [-0.1, -0.05) is 60.1 Å². The van der Waals surface area contributed by atoms with E-state index in [4.69, 9.17) is 18.9 Å². The van der Waals surface area contributed by atoms with E-state index in [0.717, 1.165) is 57.8 Å². The molecule has 7 aliphatic rings. The van der Waals surface area contributed by atoms with Crippen LogP contribution in [0.1, 0.15) is 113 Å². The number of aliphatic carboxylic acids is 1. The van der Waals surface area contributed by atoms with E-state index in [2.05, 4.69) is 54.5 Å². The Morgan fingerprint density at radius 3 is 2.00 bits per heavy atom. The molecule has 314 valence electrons. The van der Waals surface area contributed by atoms with Gasteiger partial charge >= 0.3 is 5.97 Å². The molecule has 18 atom stereocenters. The van der Waals surface area contributed by atoms with Crippen molar-refractivity contribution in [3.8, 4) is 0 Å². The predicted octanol–water partition coefficient (Wildman–Crippen LogP) is 2.88. The Morgan fingerprint density at radius 2 is 1.35 bits per heavy atom. The van der Waals surface area contributed by atoms with E-state index in [0.29, 0.717) is 12.3 Å². The smallest absolute Gasteiger partial charge is 0.310 e. The van der Waals surface area contributed by atoms with Gasteiger partial charge in [-0.15, -0.1) is 0 Å². The van der Waals surface area contributed by atoms with Gasteiger partial charge in [0.05, 0.1) is 24.7 Å². The molecule has 6 fully saturated rings. The zero-order valence-electron chi connectivity index (χ0n) is 33.8. The second-order valence-electron chi connectivity index (χ2n) is 20.7. The summed E-state index contributed by atoms with van der Waals surface area (Å²) in [5.74, 6) is 0.0886. The molecule has 0 unspecified atom stereocenters. The fourth-order valence-electron chi connectivity index (χ4n) is 13.7. The van der Waals surface area contributed by atoms with E-state index in [1.54, 1.807) is 0 Å². The maximum atomic E-state index is 13.0. The Kier molecular flexibility index (Phi) is 10.8. The fraction of sp³-hybridized carbons (Fsp3) is 0.929. The van der Waals surface area contributed by atoms with Crippen LogP contribution in [-0.2, 0) is 23.7 Å². The molecule has 0 radical (unpaired) electrons. The van der Waals surface area contributed by atoms with Crippen molar-refractivity contribution in [3.05, 3.63) is 11.6 Å². The van der Waals surface area contributed by atoms with Crippen molar-refractivity contribution in [2.75, 3.05) is 13.2 Å². The molecule has 2 heterocycles. The molecule has 5 aliphatic carbocycles. The van der Waals surface area contributed by atoms with Crippen LogP contribution in [-0.4, -0.2) is 128 Å². The first-order valence-corrected chi connectivity index (χ1v) is 20.8. The number of ether oxygens (including phenoxy) is 4. The summed E-state index contributed by atoms with van der Waals surface area (Å²) in [4.78, 5) is 13.0. The lowest BCUT2D eigenvalue weighted by atomic mass is 9.33.